The van der Waals surface area contributed by atoms with E-state index in [0.717, 1.165) is 48.2 Å². The van der Waals surface area contributed by atoms with Crippen LogP contribution in [0.2, 0.25) is 0 Å². The number of benzene rings is 1. The van der Waals surface area contributed by atoms with Crippen LogP contribution < -0.4 is 10.3 Å². The molecule has 1 N–H and O–H groups in total. The quantitative estimate of drug-likeness (QED) is 0.327. The molecule has 1 fully saturated rings. The molecule has 3 aromatic heterocycles. The van der Waals surface area contributed by atoms with Crippen LogP contribution in [-0.4, -0.2) is 37.2 Å². The number of pyridine rings is 1. The van der Waals surface area contributed by atoms with Gasteiger partial charge in [0.2, 0.25) is 0 Å². The van der Waals surface area contributed by atoms with Gasteiger partial charge in [0.1, 0.15) is 11.5 Å². The Labute approximate surface area is 210 Å². The van der Waals surface area contributed by atoms with Gasteiger partial charge in [-0.25, -0.2) is 4.68 Å². The van der Waals surface area contributed by atoms with E-state index >= 15 is 0 Å². The zero-order chi connectivity index (χ0) is 24.9. The number of ether oxygens (including phenoxy) is 1. The van der Waals surface area contributed by atoms with Crippen molar-refractivity contribution in [1.82, 2.24) is 30.1 Å². The Morgan fingerprint density at radius 1 is 1.19 bits per heavy atom. The fourth-order valence-corrected chi connectivity index (χ4v) is 5.32. The summed E-state index contributed by atoms with van der Waals surface area (Å²) in [7, 11) is 1.62. The standard InChI is InChI=1S/C27H34N6O3/c1-3-8-25(26-29-30-31-33(26)21-9-5-4-6-10-21)32(18-23-11-7-14-36-23)17-20-15-19-12-13-22(35-2)16-24(19)28-27(20)34/h7,11-16,21,25H,3-6,8-10,17-18H2,1-2H3,(H,28,34)/t25-/m0/s1. The number of rotatable bonds is 10. The first kappa shape index (κ1) is 24.2. The molecule has 1 aromatic carbocycles. The molecule has 0 amide bonds. The van der Waals surface area contributed by atoms with Crippen molar-refractivity contribution in [2.24, 2.45) is 0 Å². The predicted molar refractivity (Wildman–Crippen MR) is 137 cm³/mol. The van der Waals surface area contributed by atoms with Crippen molar-refractivity contribution in [2.45, 2.75) is 77.0 Å². The summed E-state index contributed by atoms with van der Waals surface area (Å²) < 4.78 is 13.1. The van der Waals surface area contributed by atoms with Gasteiger partial charge in [0.05, 0.1) is 37.5 Å². The second-order valence-corrected chi connectivity index (χ2v) is 9.64. The first-order valence-corrected chi connectivity index (χ1v) is 12.9. The maximum atomic E-state index is 13.2. The molecule has 0 spiro atoms. The zero-order valence-corrected chi connectivity index (χ0v) is 21.0. The van der Waals surface area contributed by atoms with E-state index in [1.54, 1.807) is 13.4 Å². The molecule has 0 unspecified atom stereocenters. The smallest absolute Gasteiger partial charge is 0.252 e. The molecule has 36 heavy (non-hydrogen) atoms. The minimum Gasteiger partial charge on any atom is -0.497 e. The number of nitrogens with zero attached hydrogens (tertiary/aromatic N) is 5. The second-order valence-electron chi connectivity index (χ2n) is 9.64. The summed E-state index contributed by atoms with van der Waals surface area (Å²) in [6, 6.07) is 11.8. The van der Waals surface area contributed by atoms with Gasteiger partial charge >= 0.3 is 0 Å². The Morgan fingerprint density at radius 2 is 2.06 bits per heavy atom. The largest absolute Gasteiger partial charge is 0.497 e. The molecule has 5 rings (SSSR count). The van der Waals surface area contributed by atoms with Crippen molar-refractivity contribution >= 4 is 10.9 Å². The van der Waals surface area contributed by atoms with E-state index in [-0.39, 0.29) is 11.6 Å². The number of tetrazole rings is 1. The van der Waals surface area contributed by atoms with Gasteiger partial charge in [-0.3, -0.25) is 9.69 Å². The highest BCUT2D eigenvalue weighted by atomic mass is 16.5. The molecule has 0 bridgehead atoms. The number of hydrogen-bond donors (Lipinski definition) is 1. The third-order valence-corrected chi connectivity index (χ3v) is 7.18. The van der Waals surface area contributed by atoms with Gasteiger partial charge in [0.25, 0.3) is 5.56 Å². The van der Waals surface area contributed by atoms with E-state index in [1.165, 1.54) is 19.3 Å². The van der Waals surface area contributed by atoms with Crippen molar-refractivity contribution in [3.05, 3.63) is 70.2 Å². The van der Waals surface area contributed by atoms with E-state index in [4.69, 9.17) is 9.15 Å². The minimum atomic E-state index is -0.109. The van der Waals surface area contributed by atoms with E-state index in [9.17, 15) is 4.79 Å². The van der Waals surface area contributed by atoms with Crippen molar-refractivity contribution in [3.63, 3.8) is 0 Å². The van der Waals surface area contributed by atoms with Crippen molar-refractivity contribution in [3.8, 4) is 5.75 Å². The van der Waals surface area contributed by atoms with Crippen LogP contribution in [0.5, 0.6) is 5.75 Å². The molecule has 0 radical (unpaired) electrons. The molecule has 0 saturated heterocycles. The molecule has 190 valence electrons. The summed E-state index contributed by atoms with van der Waals surface area (Å²) in [5, 5.41) is 14.0. The molecule has 1 saturated carbocycles. The molecule has 4 aromatic rings. The highest BCUT2D eigenvalue weighted by Gasteiger charge is 2.30. The third kappa shape index (κ3) is 5.21. The van der Waals surface area contributed by atoms with Crippen LogP contribution >= 0.6 is 0 Å². The fraction of sp³-hybridized carbons (Fsp3) is 0.481. The number of hydrogen-bond acceptors (Lipinski definition) is 7. The first-order valence-electron chi connectivity index (χ1n) is 12.9. The Hall–Kier alpha value is -3.46. The van der Waals surface area contributed by atoms with E-state index in [1.807, 2.05) is 41.1 Å². The maximum absolute atomic E-state index is 13.2. The highest BCUT2D eigenvalue weighted by molar-refractivity contribution is 5.80. The van der Waals surface area contributed by atoms with Gasteiger partial charge in [-0.1, -0.05) is 32.6 Å². The molecular weight excluding hydrogens is 456 g/mol. The van der Waals surface area contributed by atoms with E-state index in [2.05, 4.69) is 32.3 Å². The minimum absolute atomic E-state index is 0.0528. The summed E-state index contributed by atoms with van der Waals surface area (Å²) in [4.78, 5) is 18.5. The van der Waals surface area contributed by atoms with E-state index in [0.29, 0.717) is 30.4 Å². The lowest BCUT2D eigenvalue weighted by Crippen LogP contribution is -2.33. The molecular formula is C27H34N6O3. The number of aromatic nitrogens is 5. The molecule has 9 nitrogen and oxygen atoms in total. The van der Waals surface area contributed by atoms with Crippen LogP contribution in [0.4, 0.5) is 0 Å². The van der Waals surface area contributed by atoms with Crippen molar-refractivity contribution in [2.75, 3.05) is 7.11 Å². The Bertz CT molecular complexity index is 1320. The topological polar surface area (TPSA) is 102 Å². The SMILES string of the molecule is CCC[C@@H](c1nnnn1C1CCCCC1)N(Cc1ccco1)Cc1cc2ccc(OC)cc2[nH]c1=O. The van der Waals surface area contributed by atoms with Crippen LogP contribution in [0, 0.1) is 0 Å². The maximum Gasteiger partial charge on any atom is 0.252 e. The average Bonchev–Trinajstić information content (AvgIpc) is 3.60. The number of aromatic amines is 1. The highest BCUT2D eigenvalue weighted by Crippen LogP contribution is 2.33. The van der Waals surface area contributed by atoms with E-state index < -0.39 is 0 Å². The van der Waals surface area contributed by atoms with Gasteiger partial charge in [-0.15, -0.1) is 5.10 Å². The molecule has 0 aliphatic heterocycles. The van der Waals surface area contributed by atoms with Crippen molar-refractivity contribution in [1.29, 1.82) is 0 Å². The van der Waals surface area contributed by atoms with Gasteiger partial charge < -0.3 is 14.1 Å². The number of methoxy groups -OCH3 is 1. The van der Waals surface area contributed by atoms with Crippen LogP contribution in [-0.2, 0) is 13.1 Å². The fourth-order valence-electron chi connectivity index (χ4n) is 5.32. The second kappa shape index (κ2) is 11.1. The lowest BCUT2D eigenvalue weighted by atomic mass is 9.95. The molecule has 3 heterocycles. The number of nitrogens with one attached hydrogen (secondary N) is 1. The van der Waals surface area contributed by atoms with Gasteiger partial charge in [0.15, 0.2) is 5.82 Å². The lowest BCUT2D eigenvalue weighted by molar-refractivity contribution is 0.139. The monoisotopic (exact) mass is 490 g/mol. The summed E-state index contributed by atoms with van der Waals surface area (Å²) >= 11 is 0. The van der Waals surface area contributed by atoms with Gasteiger partial charge in [-0.05, 0) is 65.4 Å². The predicted octanol–water partition coefficient (Wildman–Crippen LogP) is 5.17. The van der Waals surface area contributed by atoms with Gasteiger partial charge in [0, 0.05) is 18.2 Å². The normalized spacial score (nSPS) is 15.5. The summed E-state index contributed by atoms with van der Waals surface area (Å²) in [5.41, 5.74) is 1.34. The van der Waals surface area contributed by atoms with Crippen LogP contribution in [0.1, 0.15) is 81.1 Å². The van der Waals surface area contributed by atoms with Gasteiger partial charge in [-0.2, -0.15) is 0 Å². The average molecular weight is 491 g/mol. The van der Waals surface area contributed by atoms with Crippen molar-refractivity contribution < 1.29 is 9.15 Å². The zero-order valence-electron chi connectivity index (χ0n) is 21.0. The number of H-pyrrole nitrogens is 1. The summed E-state index contributed by atoms with van der Waals surface area (Å²) in [6.07, 6.45) is 9.40. The Balaban J connectivity index is 1.51. The summed E-state index contributed by atoms with van der Waals surface area (Å²) in [5.74, 6) is 2.43. The number of fused-ring (bicyclic) bond motifs is 1. The van der Waals surface area contributed by atoms with Crippen LogP contribution in [0.25, 0.3) is 10.9 Å². The third-order valence-electron chi connectivity index (χ3n) is 7.18. The molecule has 1 atom stereocenters. The lowest BCUT2D eigenvalue weighted by Gasteiger charge is -2.32. The Kier molecular flexibility index (Phi) is 7.46. The Morgan fingerprint density at radius 3 is 2.81 bits per heavy atom. The molecule has 1 aliphatic carbocycles. The molecule has 1 aliphatic rings. The summed E-state index contributed by atoms with van der Waals surface area (Å²) in [6.45, 7) is 3.17. The van der Waals surface area contributed by atoms with Crippen LogP contribution in [0.3, 0.4) is 0 Å². The van der Waals surface area contributed by atoms with Crippen LogP contribution in [0.15, 0.2) is 51.9 Å². The number of furan rings is 1. The molecule has 9 heteroatoms. The first-order chi connectivity index (χ1) is 17.7.